The first-order valence-corrected chi connectivity index (χ1v) is 9.29. The lowest BCUT2D eigenvalue weighted by Gasteiger charge is -2.42. The Bertz CT molecular complexity index is 715. The van der Waals surface area contributed by atoms with E-state index in [1.54, 1.807) is 14.2 Å². The van der Waals surface area contributed by atoms with E-state index in [1.807, 2.05) is 18.2 Å². The van der Waals surface area contributed by atoms with Crippen LogP contribution in [0.3, 0.4) is 0 Å². The first-order chi connectivity index (χ1) is 12.6. The van der Waals surface area contributed by atoms with Gasteiger partial charge in [-0.2, -0.15) is 0 Å². The lowest BCUT2D eigenvalue weighted by molar-refractivity contribution is -0.0977. The molecule has 0 saturated heterocycles. The van der Waals surface area contributed by atoms with E-state index in [0.717, 1.165) is 18.7 Å². The molecule has 2 aromatic rings. The SMILES string of the molecule is CCC(Oc1ccc(OC)c(OC)c1)(C1CC1)N(C)Cc1ccccc1. The van der Waals surface area contributed by atoms with Crippen molar-refractivity contribution in [3.8, 4) is 17.2 Å². The van der Waals surface area contributed by atoms with Crippen molar-refractivity contribution >= 4 is 0 Å². The Kier molecular flexibility index (Phi) is 5.72. The molecule has 1 unspecified atom stereocenters. The van der Waals surface area contributed by atoms with Crippen LogP contribution in [0.5, 0.6) is 17.2 Å². The maximum absolute atomic E-state index is 6.64. The zero-order valence-corrected chi connectivity index (χ0v) is 16.2. The lowest BCUT2D eigenvalue weighted by Crippen LogP contribution is -2.52. The van der Waals surface area contributed by atoms with Gasteiger partial charge in [0, 0.05) is 18.5 Å². The van der Waals surface area contributed by atoms with Crippen molar-refractivity contribution in [2.24, 2.45) is 5.92 Å². The summed E-state index contributed by atoms with van der Waals surface area (Å²) >= 11 is 0. The molecule has 4 nitrogen and oxygen atoms in total. The fraction of sp³-hybridized carbons (Fsp3) is 0.455. The van der Waals surface area contributed by atoms with Gasteiger partial charge < -0.3 is 14.2 Å². The van der Waals surface area contributed by atoms with Crippen LogP contribution in [0.1, 0.15) is 31.7 Å². The third-order valence-electron chi connectivity index (χ3n) is 5.28. The number of hydrogen-bond acceptors (Lipinski definition) is 4. The summed E-state index contributed by atoms with van der Waals surface area (Å²) in [4.78, 5) is 2.36. The van der Waals surface area contributed by atoms with Gasteiger partial charge in [-0.25, -0.2) is 0 Å². The highest BCUT2D eigenvalue weighted by Crippen LogP contribution is 2.47. The van der Waals surface area contributed by atoms with Crippen LogP contribution in [-0.2, 0) is 6.54 Å². The molecule has 3 rings (SSSR count). The van der Waals surface area contributed by atoms with E-state index in [2.05, 4.69) is 49.2 Å². The number of benzene rings is 2. The van der Waals surface area contributed by atoms with Crippen LogP contribution < -0.4 is 14.2 Å². The summed E-state index contributed by atoms with van der Waals surface area (Å²) in [6, 6.07) is 16.3. The monoisotopic (exact) mass is 355 g/mol. The normalized spacial score (nSPS) is 16.2. The van der Waals surface area contributed by atoms with E-state index >= 15 is 0 Å². The Labute approximate surface area is 156 Å². The van der Waals surface area contributed by atoms with E-state index in [4.69, 9.17) is 14.2 Å². The standard InChI is InChI=1S/C22H29NO3/c1-5-22(18-11-12-18,23(2)16-17-9-7-6-8-10-17)26-19-13-14-20(24-3)21(15-19)25-4/h6-10,13-15,18H,5,11-12,16H2,1-4H3. The highest BCUT2D eigenvalue weighted by Gasteiger charge is 2.49. The number of methoxy groups -OCH3 is 2. The van der Waals surface area contributed by atoms with Crippen molar-refractivity contribution in [1.82, 2.24) is 4.90 Å². The second-order valence-corrected chi connectivity index (χ2v) is 6.93. The molecule has 0 amide bonds. The number of rotatable bonds is 9. The van der Waals surface area contributed by atoms with Gasteiger partial charge in [0.1, 0.15) is 5.75 Å². The number of ether oxygens (including phenoxy) is 3. The molecule has 1 atom stereocenters. The maximum atomic E-state index is 6.64. The molecular formula is C22H29NO3. The van der Waals surface area contributed by atoms with Gasteiger partial charge in [-0.15, -0.1) is 0 Å². The van der Waals surface area contributed by atoms with Crippen molar-refractivity contribution in [2.75, 3.05) is 21.3 Å². The zero-order valence-electron chi connectivity index (χ0n) is 16.2. The molecule has 1 aliphatic carbocycles. The van der Waals surface area contributed by atoms with Crippen LogP contribution in [0.4, 0.5) is 0 Å². The largest absolute Gasteiger partial charge is 0.493 e. The van der Waals surface area contributed by atoms with E-state index in [9.17, 15) is 0 Å². The van der Waals surface area contributed by atoms with Crippen LogP contribution in [-0.4, -0.2) is 31.9 Å². The summed E-state index contributed by atoms with van der Waals surface area (Å²) in [6.07, 6.45) is 3.34. The second kappa shape index (κ2) is 8.00. The summed E-state index contributed by atoms with van der Waals surface area (Å²) in [5.74, 6) is 2.77. The van der Waals surface area contributed by atoms with Crippen molar-refractivity contribution in [3.05, 3.63) is 54.1 Å². The molecule has 2 aromatic carbocycles. The molecule has 1 saturated carbocycles. The number of nitrogens with zero attached hydrogens (tertiary/aromatic N) is 1. The average molecular weight is 355 g/mol. The molecule has 0 bridgehead atoms. The molecular weight excluding hydrogens is 326 g/mol. The highest BCUT2D eigenvalue weighted by molar-refractivity contribution is 5.45. The first kappa shape index (κ1) is 18.6. The highest BCUT2D eigenvalue weighted by atomic mass is 16.5. The van der Waals surface area contributed by atoms with E-state index in [0.29, 0.717) is 17.4 Å². The molecule has 1 fully saturated rings. The van der Waals surface area contributed by atoms with Crippen LogP contribution >= 0.6 is 0 Å². The second-order valence-electron chi connectivity index (χ2n) is 6.93. The molecule has 0 aliphatic heterocycles. The average Bonchev–Trinajstić information content (AvgIpc) is 3.52. The molecule has 140 valence electrons. The van der Waals surface area contributed by atoms with Crippen LogP contribution in [0.2, 0.25) is 0 Å². The minimum absolute atomic E-state index is 0.310. The Morgan fingerprint density at radius 3 is 2.27 bits per heavy atom. The number of hydrogen-bond donors (Lipinski definition) is 0. The van der Waals surface area contributed by atoms with Crippen LogP contribution in [0.25, 0.3) is 0 Å². The van der Waals surface area contributed by atoms with E-state index in [1.165, 1.54) is 18.4 Å². The minimum atomic E-state index is -0.310. The predicted octanol–water partition coefficient (Wildman–Crippen LogP) is 4.73. The molecule has 4 heteroatoms. The Balaban J connectivity index is 1.86. The third-order valence-corrected chi connectivity index (χ3v) is 5.28. The smallest absolute Gasteiger partial charge is 0.166 e. The minimum Gasteiger partial charge on any atom is -0.493 e. The van der Waals surface area contributed by atoms with Crippen molar-refractivity contribution in [2.45, 2.75) is 38.5 Å². The fourth-order valence-electron chi connectivity index (χ4n) is 3.71. The zero-order chi connectivity index (χ0) is 18.6. The van der Waals surface area contributed by atoms with Gasteiger partial charge in [0.25, 0.3) is 0 Å². The van der Waals surface area contributed by atoms with Crippen LogP contribution in [0.15, 0.2) is 48.5 Å². The summed E-state index contributed by atoms with van der Waals surface area (Å²) in [6.45, 7) is 3.07. The molecule has 1 aliphatic rings. The molecule has 0 heterocycles. The summed E-state index contributed by atoms with van der Waals surface area (Å²) < 4.78 is 17.4. The Morgan fingerprint density at radius 1 is 1.00 bits per heavy atom. The van der Waals surface area contributed by atoms with Crippen LogP contribution in [0, 0.1) is 5.92 Å². The Morgan fingerprint density at radius 2 is 1.69 bits per heavy atom. The summed E-state index contributed by atoms with van der Waals surface area (Å²) in [7, 11) is 5.46. The molecule has 26 heavy (non-hydrogen) atoms. The summed E-state index contributed by atoms with van der Waals surface area (Å²) in [5.41, 5.74) is 0.986. The van der Waals surface area contributed by atoms with E-state index < -0.39 is 0 Å². The van der Waals surface area contributed by atoms with Gasteiger partial charge >= 0.3 is 0 Å². The van der Waals surface area contributed by atoms with Gasteiger partial charge in [0.2, 0.25) is 0 Å². The molecule has 0 radical (unpaired) electrons. The fourth-order valence-corrected chi connectivity index (χ4v) is 3.71. The first-order valence-electron chi connectivity index (χ1n) is 9.29. The van der Waals surface area contributed by atoms with Gasteiger partial charge in [-0.05, 0) is 44.0 Å². The van der Waals surface area contributed by atoms with E-state index in [-0.39, 0.29) is 5.72 Å². The van der Waals surface area contributed by atoms with Gasteiger partial charge in [0.05, 0.1) is 14.2 Å². The summed E-state index contributed by atoms with van der Waals surface area (Å²) in [5, 5.41) is 0. The van der Waals surface area contributed by atoms with Gasteiger partial charge in [0.15, 0.2) is 17.2 Å². The van der Waals surface area contributed by atoms with Crippen molar-refractivity contribution in [1.29, 1.82) is 0 Å². The van der Waals surface area contributed by atoms with Crippen molar-refractivity contribution in [3.63, 3.8) is 0 Å². The maximum Gasteiger partial charge on any atom is 0.166 e. The predicted molar refractivity (Wildman–Crippen MR) is 104 cm³/mol. The quantitative estimate of drug-likeness (QED) is 0.609. The Hall–Kier alpha value is -2.20. The molecule has 0 N–H and O–H groups in total. The van der Waals surface area contributed by atoms with Gasteiger partial charge in [-0.3, -0.25) is 4.90 Å². The lowest BCUT2D eigenvalue weighted by atomic mass is 10.0. The third kappa shape index (κ3) is 3.80. The van der Waals surface area contributed by atoms with Gasteiger partial charge in [-0.1, -0.05) is 37.3 Å². The molecule has 0 spiro atoms. The topological polar surface area (TPSA) is 30.9 Å². The van der Waals surface area contributed by atoms with Crippen molar-refractivity contribution < 1.29 is 14.2 Å². The molecule has 0 aromatic heterocycles.